The fraction of sp³-hybridized carbons (Fsp3) is 0.400. The lowest BCUT2D eigenvalue weighted by molar-refractivity contribution is -0.123. The summed E-state index contributed by atoms with van der Waals surface area (Å²) in [6.45, 7) is 2.59. The van der Waals surface area contributed by atoms with E-state index in [1.807, 2.05) is 0 Å². The second kappa shape index (κ2) is 18.9. The summed E-state index contributed by atoms with van der Waals surface area (Å²) in [6, 6.07) is 8.19. The molecule has 48 heavy (non-hydrogen) atoms. The fourth-order valence-corrected chi connectivity index (χ4v) is 4.56. The molecule has 2 heterocycles. The van der Waals surface area contributed by atoms with E-state index in [1.165, 1.54) is 15.9 Å². The van der Waals surface area contributed by atoms with Crippen LogP contribution in [0.5, 0.6) is 0 Å². The summed E-state index contributed by atoms with van der Waals surface area (Å²) < 4.78 is 47.0. The van der Waals surface area contributed by atoms with Gasteiger partial charge in [0, 0.05) is 50.2 Å². The normalized spacial score (nSPS) is 11.9. The third kappa shape index (κ3) is 12.4. The molecule has 21 nitrogen and oxygen atoms in total. The number of hydrogen-bond acceptors (Lipinski definition) is 20. The van der Waals surface area contributed by atoms with Gasteiger partial charge in [0.15, 0.2) is 0 Å². The summed E-state index contributed by atoms with van der Waals surface area (Å²) in [6.07, 6.45) is 0. The summed E-state index contributed by atoms with van der Waals surface area (Å²) in [4.78, 5) is 24.6. The van der Waals surface area contributed by atoms with Crippen LogP contribution in [-0.4, -0.2) is 133 Å². The Kier molecular flexibility index (Phi) is 15.0. The highest BCUT2D eigenvalue weighted by Gasteiger charge is 2.17. The van der Waals surface area contributed by atoms with Crippen molar-refractivity contribution in [3.05, 3.63) is 41.9 Å². The number of rotatable bonds is 22. The highest BCUT2D eigenvalue weighted by molar-refractivity contribution is 7.85. The zero-order chi connectivity index (χ0) is 35.1. The van der Waals surface area contributed by atoms with Gasteiger partial charge in [-0.05, 0) is 18.2 Å². The Morgan fingerprint density at radius 3 is 1.92 bits per heavy atom. The van der Waals surface area contributed by atoms with Crippen LogP contribution < -0.4 is 31.1 Å². The topological polar surface area (TPSA) is 301 Å². The first-order chi connectivity index (χ1) is 23.0. The number of nitrogens with one attached hydrogen (secondary N) is 4. The van der Waals surface area contributed by atoms with Gasteiger partial charge in [-0.15, -0.1) is 4.33 Å². The number of aliphatic hydroxyl groups is 4. The van der Waals surface area contributed by atoms with Crippen LogP contribution in [0.15, 0.2) is 41.9 Å². The van der Waals surface area contributed by atoms with Crippen molar-refractivity contribution >= 4 is 68.0 Å². The molecule has 0 aliphatic rings. The summed E-state index contributed by atoms with van der Waals surface area (Å²) in [5.74, 6) is -0.162. The first-order valence-corrected chi connectivity index (χ1v) is 16.8. The molecule has 0 amide bonds. The van der Waals surface area contributed by atoms with Gasteiger partial charge in [-0.25, -0.2) is 9.47 Å². The van der Waals surface area contributed by atoms with E-state index in [-0.39, 0.29) is 99.6 Å². The van der Waals surface area contributed by atoms with Crippen LogP contribution in [0.25, 0.3) is 0 Å². The number of aliphatic hydroxyl groups excluding tert-OH is 4. The minimum atomic E-state index is -4.26. The van der Waals surface area contributed by atoms with Crippen molar-refractivity contribution in [3.63, 3.8) is 0 Å². The van der Waals surface area contributed by atoms with Crippen LogP contribution >= 0.6 is 0 Å². The van der Waals surface area contributed by atoms with Gasteiger partial charge in [-0.2, -0.15) is 33.3 Å². The maximum absolute atomic E-state index is 11.8. The Hall–Kier alpha value is -4.33. The molecule has 3 rings (SSSR count). The molecule has 1 aromatic carbocycles. The van der Waals surface area contributed by atoms with E-state index in [4.69, 9.17) is 9.81 Å². The summed E-state index contributed by atoms with van der Waals surface area (Å²) in [5.41, 5.74) is 0.964. The van der Waals surface area contributed by atoms with Crippen molar-refractivity contribution in [2.45, 2.75) is 0 Å². The standard InChI is InChI=1S/C25H37N11O10S2/c1-17(47(42)46-41)27-20-16-21(31-24(30-20)35(6-10-37)7-11-38)28-18-3-2-4-19(15-18)29-23-32-22(26-5-14-48(43,44)45)33-25(34-23)36(8-12-39)9-13-40/h2-4,15-16,37-41H,1,5-14H2,(H,43,44,45)(H2,27,28,30,31)(H2,26,29,32,33,34). The average Bonchev–Trinajstić information content (AvgIpc) is 3.03. The van der Waals surface area contributed by atoms with Crippen molar-refractivity contribution in [1.82, 2.24) is 24.9 Å². The summed E-state index contributed by atoms with van der Waals surface area (Å²) in [5, 5.41) is 58.0. The smallest absolute Gasteiger partial charge is 0.266 e. The van der Waals surface area contributed by atoms with Gasteiger partial charge in [0.25, 0.3) is 10.1 Å². The molecular formula is C25H37N11O10S2. The number of benzene rings is 1. The molecule has 23 heteroatoms. The SMILES string of the molecule is C=C(Nc1cc(Nc2cccc(Nc3nc(NCCS(=O)(=O)O)nc(N(CCO)CCO)n3)c2)nc(N(CCO)CCO)n1)S(=O)OO. The number of hydrogen-bond donors (Lipinski definition) is 10. The van der Waals surface area contributed by atoms with Crippen LogP contribution in [0.2, 0.25) is 0 Å². The van der Waals surface area contributed by atoms with E-state index in [0.717, 1.165) is 0 Å². The Bertz CT molecular complexity index is 1630. The van der Waals surface area contributed by atoms with Gasteiger partial charge in [-0.1, -0.05) is 12.6 Å². The minimum absolute atomic E-state index is 0.0180. The Morgan fingerprint density at radius 2 is 1.35 bits per heavy atom. The van der Waals surface area contributed by atoms with E-state index in [2.05, 4.69) is 57.1 Å². The van der Waals surface area contributed by atoms with Crippen LogP contribution in [-0.2, 0) is 25.5 Å². The van der Waals surface area contributed by atoms with Gasteiger partial charge in [0.2, 0.25) is 34.9 Å². The first kappa shape index (κ1) is 38.1. The van der Waals surface area contributed by atoms with Gasteiger partial charge in [-0.3, -0.25) is 4.55 Å². The van der Waals surface area contributed by atoms with Crippen molar-refractivity contribution in [1.29, 1.82) is 0 Å². The highest BCUT2D eigenvalue weighted by Crippen LogP contribution is 2.25. The van der Waals surface area contributed by atoms with E-state index in [0.29, 0.717) is 11.4 Å². The van der Waals surface area contributed by atoms with Crippen molar-refractivity contribution in [3.8, 4) is 0 Å². The largest absolute Gasteiger partial charge is 0.395 e. The molecule has 1 atom stereocenters. The second-order valence-corrected chi connectivity index (χ2v) is 12.2. The third-order valence-electron chi connectivity index (χ3n) is 5.95. The third-order valence-corrected chi connectivity index (χ3v) is 7.31. The van der Waals surface area contributed by atoms with E-state index in [9.17, 15) is 33.1 Å². The molecule has 0 radical (unpaired) electrons. The molecule has 0 saturated carbocycles. The number of aromatic nitrogens is 5. The van der Waals surface area contributed by atoms with Crippen molar-refractivity contribution < 1.29 is 47.2 Å². The van der Waals surface area contributed by atoms with Crippen molar-refractivity contribution in [2.75, 3.05) is 96.0 Å². The second-order valence-electron chi connectivity index (χ2n) is 9.49. The molecule has 0 saturated heterocycles. The summed E-state index contributed by atoms with van der Waals surface area (Å²) >= 11 is -2.30. The Balaban J connectivity index is 1.93. The highest BCUT2D eigenvalue weighted by atomic mass is 32.2. The Morgan fingerprint density at radius 1 is 0.812 bits per heavy atom. The molecule has 0 bridgehead atoms. The molecule has 10 N–H and O–H groups in total. The lowest BCUT2D eigenvalue weighted by atomic mass is 10.2. The maximum atomic E-state index is 11.8. The van der Waals surface area contributed by atoms with Crippen LogP contribution in [0.1, 0.15) is 0 Å². The van der Waals surface area contributed by atoms with Crippen LogP contribution in [0.3, 0.4) is 0 Å². The fourth-order valence-electron chi connectivity index (χ4n) is 3.92. The predicted molar refractivity (Wildman–Crippen MR) is 177 cm³/mol. The molecule has 3 aromatic rings. The minimum Gasteiger partial charge on any atom is -0.395 e. The lowest BCUT2D eigenvalue weighted by Crippen LogP contribution is -2.32. The number of anilines is 8. The summed E-state index contributed by atoms with van der Waals surface area (Å²) in [7, 11) is -4.26. The molecule has 0 fully saturated rings. The predicted octanol–water partition coefficient (Wildman–Crippen LogP) is -0.933. The van der Waals surface area contributed by atoms with Gasteiger partial charge in [0.05, 0.1) is 32.2 Å². The quantitative estimate of drug-likeness (QED) is 0.0341. The lowest BCUT2D eigenvalue weighted by Gasteiger charge is -2.22. The van der Waals surface area contributed by atoms with Gasteiger partial charge >= 0.3 is 0 Å². The monoisotopic (exact) mass is 715 g/mol. The zero-order valence-corrected chi connectivity index (χ0v) is 27.1. The number of nitrogens with zero attached hydrogens (tertiary/aromatic N) is 7. The molecule has 0 spiro atoms. The molecule has 2 aromatic heterocycles. The molecule has 264 valence electrons. The van der Waals surface area contributed by atoms with E-state index in [1.54, 1.807) is 24.3 Å². The average molecular weight is 716 g/mol. The van der Waals surface area contributed by atoms with Crippen LogP contribution in [0, 0.1) is 0 Å². The van der Waals surface area contributed by atoms with E-state index >= 15 is 0 Å². The van der Waals surface area contributed by atoms with Gasteiger partial charge in [0.1, 0.15) is 16.7 Å². The van der Waals surface area contributed by atoms with Gasteiger partial charge < -0.3 is 51.5 Å². The molecule has 1 unspecified atom stereocenters. The maximum Gasteiger partial charge on any atom is 0.266 e. The van der Waals surface area contributed by atoms with Crippen LogP contribution in [0.4, 0.5) is 46.8 Å². The van der Waals surface area contributed by atoms with Crippen molar-refractivity contribution in [2.24, 2.45) is 0 Å². The van der Waals surface area contributed by atoms with E-state index < -0.39 is 27.0 Å². The molecule has 0 aliphatic carbocycles. The molecular weight excluding hydrogens is 678 g/mol. The first-order valence-electron chi connectivity index (χ1n) is 14.1. The Labute approximate surface area is 277 Å². The zero-order valence-electron chi connectivity index (χ0n) is 25.4. The molecule has 0 aliphatic heterocycles.